The Bertz CT molecular complexity index is 1300. The summed E-state index contributed by atoms with van der Waals surface area (Å²) in [6, 6.07) is 15.2. The number of carbonyl (C=O) groups excluding carboxylic acids is 1. The van der Waals surface area contributed by atoms with Crippen molar-refractivity contribution in [2.24, 2.45) is 0 Å². The van der Waals surface area contributed by atoms with E-state index in [1.165, 1.54) is 36.1 Å². The standard InChI is InChI=1S/C26H29N2O6S/c1-17-12-18(2)25(19(3)13-17)35(31,32)28(15-20-6-9-22(10-7-20)26(29)27-30)16-21-8-11-23(33-4)24(14-21)34-5/h6-14H,15-16H2,1-5H3,(H-,27,29,30)/q-1. The van der Waals surface area contributed by atoms with E-state index in [0.717, 1.165) is 11.1 Å². The van der Waals surface area contributed by atoms with Crippen LogP contribution in [0.15, 0.2) is 59.5 Å². The number of sulfonamides is 1. The van der Waals surface area contributed by atoms with Crippen LogP contribution in [0.5, 0.6) is 11.5 Å². The van der Waals surface area contributed by atoms with Crippen molar-refractivity contribution in [2.45, 2.75) is 38.8 Å². The van der Waals surface area contributed by atoms with Gasteiger partial charge in [-0.3, -0.25) is 4.79 Å². The van der Waals surface area contributed by atoms with E-state index in [1.807, 2.05) is 19.1 Å². The predicted molar refractivity (Wildman–Crippen MR) is 134 cm³/mol. The number of hydrogen-bond acceptors (Lipinski definition) is 6. The van der Waals surface area contributed by atoms with Gasteiger partial charge < -0.3 is 20.2 Å². The third kappa shape index (κ3) is 5.82. The molecule has 0 bridgehead atoms. The minimum Gasteiger partial charge on any atom is -0.759 e. The molecule has 0 saturated carbocycles. The van der Waals surface area contributed by atoms with E-state index >= 15 is 0 Å². The normalized spacial score (nSPS) is 11.4. The second-order valence-electron chi connectivity index (χ2n) is 8.32. The van der Waals surface area contributed by atoms with Gasteiger partial charge in [0.1, 0.15) is 0 Å². The molecule has 0 spiro atoms. The quantitative estimate of drug-likeness (QED) is 0.443. The van der Waals surface area contributed by atoms with E-state index < -0.39 is 15.9 Å². The second kappa shape index (κ2) is 10.9. The molecule has 0 aliphatic carbocycles. The van der Waals surface area contributed by atoms with Gasteiger partial charge in [-0.25, -0.2) is 8.42 Å². The molecule has 0 fully saturated rings. The van der Waals surface area contributed by atoms with Crippen LogP contribution in [0.25, 0.3) is 0 Å². The minimum atomic E-state index is -3.91. The highest BCUT2D eigenvalue weighted by Gasteiger charge is 2.29. The zero-order chi connectivity index (χ0) is 25.8. The molecule has 0 atom stereocenters. The lowest BCUT2D eigenvalue weighted by molar-refractivity contribution is 0.0970. The smallest absolute Gasteiger partial charge is 0.244 e. The first-order chi connectivity index (χ1) is 16.6. The fourth-order valence-corrected chi connectivity index (χ4v) is 5.96. The van der Waals surface area contributed by atoms with Gasteiger partial charge in [0.15, 0.2) is 11.5 Å². The molecule has 1 N–H and O–H groups in total. The highest BCUT2D eigenvalue weighted by Crippen LogP contribution is 2.31. The number of rotatable bonds is 9. The van der Waals surface area contributed by atoms with Gasteiger partial charge in [0.2, 0.25) is 15.9 Å². The molecule has 0 radical (unpaired) electrons. The molecule has 8 nitrogen and oxygen atoms in total. The van der Waals surface area contributed by atoms with Crippen LogP contribution in [0.2, 0.25) is 0 Å². The van der Waals surface area contributed by atoms with Crippen molar-refractivity contribution in [3.63, 3.8) is 0 Å². The third-order valence-electron chi connectivity index (χ3n) is 5.68. The van der Waals surface area contributed by atoms with Crippen molar-refractivity contribution in [1.29, 1.82) is 0 Å². The maximum absolute atomic E-state index is 14.0. The van der Waals surface area contributed by atoms with Crippen molar-refractivity contribution in [3.05, 3.63) is 93.2 Å². The number of hydrogen-bond donors (Lipinski definition) is 1. The molecular formula is C26H29N2O6S-. The maximum atomic E-state index is 14.0. The zero-order valence-corrected chi connectivity index (χ0v) is 21.2. The second-order valence-corrected chi connectivity index (χ2v) is 10.2. The Labute approximate surface area is 206 Å². The average molecular weight is 498 g/mol. The first-order valence-electron chi connectivity index (χ1n) is 10.9. The van der Waals surface area contributed by atoms with Crippen LogP contribution < -0.4 is 15.0 Å². The molecule has 0 unspecified atom stereocenters. The van der Waals surface area contributed by atoms with E-state index in [1.54, 1.807) is 44.2 Å². The molecule has 35 heavy (non-hydrogen) atoms. The fraction of sp³-hybridized carbons (Fsp3) is 0.269. The van der Waals surface area contributed by atoms with Gasteiger partial charge in [0, 0.05) is 18.7 Å². The van der Waals surface area contributed by atoms with E-state index in [4.69, 9.17) is 9.47 Å². The number of ether oxygens (including phenoxy) is 2. The van der Waals surface area contributed by atoms with Gasteiger partial charge in [0.25, 0.3) is 0 Å². The van der Waals surface area contributed by atoms with Crippen molar-refractivity contribution in [2.75, 3.05) is 14.2 Å². The van der Waals surface area contributed by atoms with Crippen LogP contribution in [-0.4, -0.2) is 32.8 Å². The molecular weight excluding hydrogens is 468 g/mol. The van der Waals surface area contributed by atoms with Gasteiger partial charge in [-0.05, 0) is 67.3 Å². The Morgan fingerprint density at radius 2 is 1.40 bits per heavy atom. The van der Waals surface area contributed by atoms with Gasteiger partial charge in [0.05, 0.1) is 19.1 Å². The summed E-state index contributed by atoms with van der Waals surface area (Å²) in [6.07, 6.45) is 0. The SMILES string of the molecule is COc1ccc(CN(Cc2ccc(C(=O)N[O-])cc2)S(=O)(=O)c2c(C)cc(C)cc2C)cc1OC. The lowest BCUT2D eigenvalue weighted by atomic mass is 10.1. The average Bonchev–Trinajstić information content (AvgIpc) is 2.82. The van der Waals surface area contributed by atoms with Crippen molar-refractivity contribution < 1.29 is 22.7 Å². The van der Waals surface area contributed by atoms with Gasteiger partial charge in [-0.1, -0.05) is 35.9 Å². The lowest BCUT2D eigenvalue weighted by Gasteiger charge is -2.25. The third-order valence-corrected chi connectivity index (χ3v) is 7.78. The van der Waals surface area contributed by atoms with Crippen LogP contribution in [0.1, 0.15) is 38.2 Å². The topological polar surface area (TPSA) is 108 Å². The summed E-state index contributed by atoms with van der Waals surface area (Å²) in [5, 5.41) is 10.7. The number of nitrogens with one attached hydrogen (secondary N) is 1. The molecule has 9 heteroatoms. The van der Waals surface area contributed by atoms with Crippen LogP contribution in [0.4, 0.5) is 0 Å². The largest absolute Gasteiger partial charge is 0.759 e. The molecule has 0 aromatic heterocycles. The molecule has 3 aromatic carbocycles. The number of hydroxylamine groups is 1. The van der Waals surface area contributed by atoms with E-state index in [-0.39, 0.29) is 23.5 Å². The molecule has 3 aromatic rings. The lowest BCUT2D eigenvalue weighted by Crippen LogP contribution is -2.31. The highest BCUT2D eigenvalue weighted by atomic mass is 32.2. The number of methoxy groups -OCH3 is 2. The van der Waals surface area contributed by atoms with Crippen LogP contribution in [0, 0.1) is 26.0 Å². The van der Waals surface area contributed by atoms with Crippen molar-refractivity contribution >= 4 is 15.9 Å². The molecule has 186 valence electrons. The Balaban J connectivity index is 2.06. The molecule has 3 rings (SSSR count). The summed E-state index contributed by atoms with van der Waals surface area (Å²) in [6.45, 7) is 5.65. The van der Waals surface area contributed by atoms with Crippen LogP contribution in [-0.2, 0) is 23.1 Å². The maximum Gasteiger partial charge on any atom is 0.244 e. The van der Waals surface area contributed by atoms with E-state index in [0.29, 0.717) is 28.2 Å². The number of amides is 1. The van der Waals surface area contributed by atoms with Crippen molar-refractivity contribution in [3.8, 4) is 11.5 Å². The molecule has 0 saturated heterocycles. The molecule has 0 heterocycles. The summed E-state index contributed by atoms with van der Waals surface area (Å²) < 4.78 is 40.0. The summed E-state index contributed by atoms with van der Waals surface area (Å²) in [5.41, 5.74) is 5.24. The Kier molecular flexibility index (Phi) is 8.16. The Morgan fingerprint density at radius 1 is 0.857 bits per heavy atom. The Hall–Kier alpha value is -3.40. The van der Waals surface area contributed by atoms with E-state index in [9.17, 15) is 18.4 Å². The van der Waals surface area contributed by atoms with Crippen LogP contribution in [0.3, 0.4) is 0 Å². The molecule has 0 aliphatic rings. The number of benzene rings is 3. The summed E-state index contributed by atoms with van der Waals surface area (Å²) >= 11 is 0. The zero-order valence-electron chi connectivity index (χ0n) is 20.4. The molecule has 0 aliphatic heterocycles. The van der Waals surface area contributed by atoms with Gasteiger partial charge >= 0.3 is 0 Å². The molecule has 1 amide bonds. The first-order valence-corrected chi connectivity index (χ1v) is 12.3. The Morgan fingerprint density at radius 3 is 1.94 bits per heavy atom. The van der Waals surface area contributed by atoms with Gasteiger partial charge in [-0.2, -0.15) is 4.31 Å². The summed E-state index contributed by atoms with van der Waals surface area (Å²) in [5.74, 6) is 0.290. The summed E-state index contributed by atoms with van der Waals surface area (Å²) in [7, 11) is -0.852. The fourth-order valence-electron chi connectivity index (χ4n) is 4.14. The number of aryl methyl sites for hydroxylation is 3. The monoisotopic (exact) mass is 497 g/mol. The number of carbonyl (C=O) groups is 1. The summed E-state index contributed by atoms with van der Waals surface area (Å²) in [4.78, 5) is 11.9. The predicted octanol–water partition coefficient (Wildman–Crippen LogP) is 4.25. The van der Waals surface area contributed by atoms with E-state index in [2.05, 4.69) is 0 Å². The minimum absolute atomic E-state index is 0.0582. The van der Waals surface area contributed by atoms with Crippen LogP contribution >= 0.6 is 0 Å². The first kappa shape index (κ1) is 26.2. The highest BCUT2D eigenvalue weighted by molar-refractivity contribution is 7.89. The number of nitrogens with zero attached hydrogens (tertiary/aromatic N) is 1. The van der Waals surface area contributed by atoms with Gasteiger partial charge in [-0.15, -0.1) is 0 Å². The van der Waals surface area contributed by atoms with Crippen molar-refractivity contribution in [1.82, 2.24) is 9.79 Å².